The van der Waals surface area contributed by atoms with Crippen molar-refractivity contribution in [3.63, 3.8) is 0 Å². The number of imidazole rings is 1. The first kappa shape index (κ1) is 16.5. The van der Waals surface area contributed by atoms with Gasteiger partial charge >= 0.3 is 0 Å². The number of ether oxygens (including phenoxy) is 1. The van der Waals surface area contributed by atoms with Crippen LogP contribution in [-0.2, 0) is 11.2 Å². The van der Waals surface area contributed by atoms with Gasteiger partial charge in [0.25, 0.3) is 0 Å². The van der Waals surface area contributed by atoms with Crippen LogP contribution in [-0.4, -0.2) is 28.9 Å². The number of carbonyl (C=O) groups is 1. The molecular weight excluding hydrogens is 346 g/mol. The Morgan fingerprint density at radius 2 is 2.29 bits per heavy atom. The molecule has 2 heterocycles. The SMILES string of the molecule is COc1ccccc1CCNC(=O)/C=C/c1c(Cl)nc2sccn12. The minimum Gasteiger partial charge on any atom is -0.496 e. The Morgan fingerprint density at radius 1 is 1.46 bits per heavy atom. The summed E-state index contributed by atoms with van der Waals surface area (Å²) >= 11 is 7.58. The fourth-order valence-corrected chi connectivity index (χ4v) is 3.37. The molecule has 0 aliphatic heterocycles. The summed E-state index contributed by atoms with van der Waals surface area (Å²) in [6.45, 7) is 0.525. The summed E-state index contributed by atoms with van der Waals surface area (Å²) < 4.78 is 7.15. The number of hydrogen-bond donors (Lipinski definition) is 1. The van der Waals surface area contributed by atoms with E-state index >= 15 is 0 Å². The Balaban J connectivity index is 1.58. The summed E-state index contributed by atoms with van der Waals surface area (Å²) in [5.41, 5.74) is 1.76. The van der Waals surface area contributed by atoms with Crippen LogP contribution in [0.25, 0.3) is 11.0 Å². The molecule has 0 saturated heterocycles. The third-order valence-electron chi connectivity index (χ3n) is 3.53. The molecule has 24 heavy (non-hydrogen) atoms. The van der Waals surface area contributed by atoms with Gasteiger partial charge in [0, 0.05) is 24.2 Å². The molecule has 5 nitrogen and oxygen atoms in total. The molecule has 0 radical (unpaired) electrons. The van der Waals surface area contributed by atoms with E-state index in [1.165, 1.54) is 17.4 Å². The predicted molar refractivity (Wildman–Crippen MR) is 96.8 cm³/mol. The highest BCUT2D eigenvalue weighted by molar-refractivity contribution is 7.15. The molecule has 0 fully saturated rings. The molecule has 7 heteroatoms. The Hall–Kier alpha value is -2.31. The summed E-state index contributed by atoms with van der Waals surface area (Å²) in [6, 6.07) is 7.77. The van der Waals surface area contributed by atoms with Gasteiger partial charge in [-0.25, -0.2) is 4.98 Å². The second-order valence-electron chi connectivity index (χ2n) is 5.03. The number of rotatable bonds is 6. The van der Waals surface area contributed by atoms with Gasteiger partial charge < -0.3 is 10.1 Å². The van der Waals surface area contributed by atoms with Crippen molar-refractivity contribution < 1.29 is 9.53 Å². The third-order valence-corrected chi connectivity index (χ3v) is 4.57. The number of nitrogens with zero attached hydrogens (tertiary/aromatic N) is 2. The Morgan fingerprint density at radius 3 is 3.12 bits per heavy atom. The van der Waals surface area contributed by atoms with E-state index in [1.807, 2.05) is 40.2 Å². The maximum atomic E-state index is 12.0. The molecule has 0 unspecified atom stereocenters. The maximum absolute atomic E-state index is 12.0. The zero-order valence-electron chi connectivity index (χ0n) is 13.0. The molecule has 0 spiro atoms. The summed E-state index contributed by atoms with van der Waals surface area (Å²) in [5, 5.41) is 5.16. The monoisotopic (exact) mass is 361 g/mol. The van der Waals surface area contributed by atoms with E-state index in [4.69, 9.17) is 16.3 Å². The summed E-state index contributed by atoms with van der Waals surface area (Å²) in [4.78, 5) is 17.0. The minimum atomic E-state index is -0.175. The fourth-order valence-electron chi connectivity index (χ4n) is 2.37. The lowest BCUT2D eigenvalue weighted by Gasteiger charge is -2.08. The molecule has 124 valence electrons. The number of hydrogen-bond acceptors (Lipinski definition) is 4. The van der Waals surface area contributed by atoms with Gasteiger partial charge in [0.1, 0.15) is 5.75 Å². The second kappa shape index (κ2) is 7.51. The van der Waals surface area contributed by atoms with Crippen LogP contribution in [0.2, 0.25) is 5.15 Å². The maximum Gasteiger partial charge on any atom is 0.244 e. The predicted octanol–water partition coefficient (Wildman–Crippen LogP) is 3.43. The van der Waals surface area contributed by atoms with Crippen LogP contribution >= 0.6 is 22.9 Å². The highest BCUT2D eigenvalue weighted by Crippen LogP contribution is 2.22. The van der Waals surface area contributed by atoms with E-state index in [0.29, 0.717) is 23.8 Å². The topological polar surface area (TPSA) is 55.6 Å². The smallest absolute Gasteiger partial charge is 0.244 e. The summed E-state index contributed by atoms with van der Waals surface area (Å²) in [7, 11) is 1.64. The molecule has 1 N–H and O–H groups in total. The molecule has 0 aliphatic rings. The van der Waals surface area contributed by atoms with E-state index in [0.717, 1.165) is 16.3 Å². The number of halogens is 1. The first-order valence-corrected chi connectivity index (χ1v) is 8.63. The average Bonchev–Trinajstić information content (AvgIpc) is 3.14. The number of amides is 1. The van der Waals surface area contributed by atoms with Crippen molar-refractivity contribution >= 4 is 39.9 Å². The standard InChI is InChI=1S/C17H16ClN3O2S/c1-23-14-5-3-2-4-12(14)8-9-19-15(22)7-6-13-16(18)20-17-21(13)10-11-24-17/h2-7,10-11H,8-9H2,1H3,(H,19,22)/b7-6+. The zero-order chi connectivity index (χ0) is 16.9. The van der Waals surface area contributed by atoms with E-state index in [2.05, 4.69) is 10.3 Å². The fraction of sp³-hybridized carbons (Fsp3) is 0.176. The highest BCUT2D eigenvalue weighted by Gasteiger charge is 2.08. The van der Waals surface area contributed by atoms with Gasteiger partial charge in [-0.1, -0.05) is 29.8 Å². The van der Waals surface area contributed by atoms with Gasteiger partial charge in [-0.2, -0.15) is 0 Å². The lowest BCUT2D eigenvalue weighted by molar-refractivity contribution is -0.116. The number of fused-ring (bicyclic) bond motifs is 1. The van der Waals surface area contributed by atoms with E-state index < -0.39 is 0 Å². The van der Waals surface area contributed by atoms with Crippen molar-refractivity contribution in [2.24, 2.45) is 0 Å². The van der Waals surface area contributed by atoms with Crippen molar-refractivity contribution in [3.8, 4) is 5.75 Å². The number of thiazole rings is 1. The van der Waals surface area contributed by atoms with E-state index in [9.17, 15) is 4.79 Å². The summed E-state index contributed by atoms with van der Waals surface area (Å²) in [6.07, 6.45) is 5.71. The number of benzene rings is 1. The van der Waals surface area contributed by atoms with Crippen LogP contribution in [0.5, 0.6) is 5.75 Å². The van der Waals surface area contributed by atoms with Crippen molar-refractivity contribution in [1.29, 1.82) is 0 Å². The highest BCUT2D eigenvalue weighted by atomic mass is 35.5. The van der Waals surface area contributed by atoms with Gasteiger partial charge in [0.05, 0.1) is 12.8 Å². The molecule has 0 atom stereocenters. The van der Waals surface area contributed by atoms with E-state index in [1.54, 1.807) is 13.2 Å². The Kier molecular flexibility index (Phi) is 5.17. The molecule has 1 aromatic carbocycles. The zero-order valence-corrected chi connectivity index (χ0v) is 14.6. The first-order valence-electron chi connectivity index (χ1n) is 7.38. The quantitative estimate of drug-likeness (QED) is 0.684. The molecule has 0 bridgehead atoms. The van der Waals surface area contributed by atoms with Gasteiger partial charge in [-0.05, 0) is 24.1 Å². The van der Waals surface area contributed by atoms with Crippen LogP contribution in [0, 0.1) is 0 Å². The molecule has 3 aromatic rings. The van der Waals surface area contributed by atoms with Crippen molar-refractivity contribution in [2.75, 3.05) is 13.7 Å². The van der Waals surface area contributed by atoms with Crippen molar-refractivity contribution in [1.82, 2.24) is 14.7 Å². The van der Waals surface area contributed by atoms with Crippen molar-refractivity contribution in [2.45, 2.75) is 6.42 Å². The number of nitrogens with one attached hydrogen (secondary N) is 1. The minimum absolute atomic E-state index is 0.175. The van der Waals surface area contributed by atoms with Gasteiger partial charge in [0.15, 0.2) is 10.1 Å². The van der Waals surface area contributed by atoms with E-state index in [-0.39, 0.29) is 5.91 Å². The average molecular weight is 362 g/mol. The number of para-hydroxylation sites is 1. The van der Waals surface area contributed by atoms with Crippen LogP contribution in [0.4, 0.5) is 0 Å². The second-order valence-corrected chi connectivity index (χ2v) is 6.26. The lowest BCUT2D eigenvalue weighted by Crippen LogP contribution is -2.23. The molecular formula is C17H16ClN3O2S. The molecule has 0 aliphatic carbocycles. The molecule has 1 amide bonds. The Bertz CT molecular complexity index is 885. The number of methoxy groups -OCH3 is 1. The molecule has 0 saturated carbocycles. The normalized spacial score (nSPS) is 11.2. The van der Waals surface area contributed by atoms with Crippen LogP contribution in [0.15, 0.2) is 41.9 Å². The van der Waals surface area contributed by atoms with Crippen LogP contribution in [0.3, 0.4) is 0 Å². The Labute approximate surface area is 148 Å². The molecule has 2 aromatic heterocycles. The van der Waals surface area contributed by atoms with Crippen LogP contribution < -0.4 is 10.1 Å². The van der Waals surface area contributed by atoms with Crippen LogP contribution in [0.1, 0.15) is 11.3 Å². The number of aromatic nitrogens is 2. The lowest BCUT2D eigenvalue weighted by atomic mass is 10.1. The largest absolute Gasteiger partial charge is 0.496 e. The summed E-state index contributed by atoms with van der Waals surface area (Å²) in [5.74, 6) is 0.652. The number of carbonyl (C=O) groups excluding carboxylic acids is 1. The van der Waals surface area contributed by atoms with Crippen molar-refractivity contribution in [3.05, 3.63) is 58.3 Å². The van der Waals surface area contributed by atoms with Gasteiger partial charge in [-0.3, -0.25) is 9.20 Å². The van der Waals surface area contributed by atoms with Gasteiger partial charge in [0.2, 0.25) is 5.91 Å². The third kappa shape index (κ3) is 3.60. The first-order chi connectivity index (χ1) is 11.7. The molecule has 3 rings (SSSR count). The van der Waals surface area contributed by atoms with Gasteiger partial charge in [-0.15, -0.1) is 11.3 Å².